The van der Waals surface area contributed by atoms with E-state index < -0.39 is 0 Å². The van der Waals surface area contributed by atoms with E-state index in [9.17, 15) is 0 Å². The van der Waals surface area contributed by atoms with Crippen LogP contribution in [0.15, 0.2) is 0 Å². The van der Waals surface area contributed by atoms with Gasteiger partial charge in [-0.05, 0) is 20.3 Å². The smallest absolute Gasteiger partial charge is 0.0459 e. The van der Waals surface area contributed by atoms with Crippen molar-refractivity contribution in [3.05, 3.63) is 0 Å². The summed E-state index contributed by atoms with van der Waals surface area (Å²) in [5.41, 5.74) is 0. The summed E-state index contributed by atoms with van der Waals surface area (Å²) in [4.78, 5) is 0. The second-order valence-corrected chi connectivity index (χ2v) is 1.49. The molecule has 0 amide bonds. The van der Waals surface area contributed by atoms with E-state index in [4.69, 9.17) is 4.74 Å². The van der Waals surface area contributed by atoms with Crippen LogP contribution in [0.4, 0.5) is 0 Å². The zero-order valence-electron chi connectivity index (χ0n) is 7.32. The molecule has 0 aliphatic rings. The molecule has 0 saturated heterocycles. The average Bonchev–Trinajstić information content (AvgIpc) is 1.91. The zero-order chi connectivity index (χ0) is 7.54. The normalized spacial score (nSPS) is 5.60. The molecule has 0 heterocycles. The summed E-state index contributed by atoms with van der Waals surface area (Å²) in [7, 11) is 1.71. The molecule has 0 unspecified atom stereocenters. The van der Waals surface area contributed by atoms with Crippen molar-refractivity contribution in [2.45, 2.75) is 27.2 Å². The molecular formula is C8H22O2. The summed E-state index contributed by atoms with van der Waals surface area (Å²) in [6.45, 7) is 6.61. The minimum atomic E-state index is 0. The third kappa shape index (κ3) is 51.1. The van der Waals surface area contributed by atoms with E-state index in [0.717, 1.165) is 13.0 Å². The summed E-state index contributed by atoms with van der Waals surface area (Å²) < 4.78 is 4.69. The highest BCUT2D eigenvalue weighted by Gasteiger charge is 1.66. The van der Waals surface area contributed by atoms with Crippen molar-refractivity contribution in [3.63, 3.8) is 0 Å². The summed E-state index contributed by atoms with van der Waals surface area (Å²) >= 11 is 0. The van der Waals surface area contributed by atoms with Crippen LogP contribution in [0.25, 0.3) is 0 Å². The van der Waals surface area contributed by atoms with Crippen LogP contribution in [0.3, 0.4) is 0 Å². The molecule has 0 aliphatic carbocycles. The molecule has 2 heteroatoms. The van der Waals surface area contributed by atoms with E-state index in [1.54, 1.807) is 7.11 Å². The maximum Gasteiger partial charge on any atom is 0.0459 e. The van der Waals surface area contributed by atoms with Gasteiger partial charge in [-0.15, -0.1) is 11.8 Å². The first-order valence-electron chi connectivity index (χ1n) is 3.15. The second-order valence-electron chi connectivity index (χ2n) is 1.49. The molecule has 0 radical (unpaired) electrons. The Kier molecular flexibility index (Phi) is 38.4. The SMILES string of the molecule is CC#CC.CCCOC.O.[HH].[HH]. The Morgan fingerprint density at radius 3 is 1.70 bits per heavy atom. The second kappa shape index (κ2) is 23.6. The van der Waals surface area contributed by atoms with E-state index in [-0.39, 0.29) is 8.33 Å². The van der Waals surface area contributed by atoms with Crippen LogP contribution in [0, 0.1) is 11.8 Å². The van der Waals surface area contributed by atoms with Crippen LogP contribution < -0.4 is 0 Å². The van der Waals surface area contributed by atoms with Gasteiger partial charge in [0, 0.05) is 16.6 Å². The number of methoxy groups -OCH3 is 1. The van der Waals surface area contributed by atoms with E-state index in [2.05, 4.69) is 18.8 Å². The van der Waals surface area contributed by atoms with Crippen molar-refractivity contribution < 1.29 is 13.1 Å². The largest absolute Gasteiger partial charge is 0.412 e. The van der Waals surface area contributed by atoms with Gasteiger partial charge in [0.25, 0.3) is 0 Å². The summed E-state index contributed by atoms with van der Waals surface area (Å²) in [6.07, 6.45) is 1.12. The van der Waals surface area contributed by atoms with Crippen LogP contribution in [0.1, 0.15) is 30.0 Å². The average molecular weight is 150 g/mol. The molecule has 0 aliphatic heterocycles. The van der Waals surface area contributed by atoms with Crippen molar-refractivity contribution in [1.29, 1.82) is 0 Å². The standard InChI is InChI=1S/C4H10O.C4H6.H2O.2H2/c1-3-4-5-2;1-3-4-2;;;/h3-4H2,1-2H3;1-2H3;1H2;2*1H. The Morgan fingerprint density at radius 2 is 1.70 bits per heavy atom. The first kappa shape index (κ1) is 16.2. The van der Waals surface area contributed by atoms with Crippen LogP contribution in [-0.4, -0.2) is 19.2 Å². The predicted octanol–water partition coefficient (Wildman–Crippen LogP) is 1.74. The zero-order valence-corrected chi connectivity index (χ0v) is 7.32. The quantitative estimate of drug-likeness (QED) is 0.553. The molecule has 2 N–H and O–H groups in total. The topological polar surface area (TPSA) is 40.7 Å². The number of hydrogen-bond acceptors (Lipinski definition) is 1. The molecule has 0 spiro atoms. The minimum absolute atomic E-state index is 0. The van der Waals surface area contributed by atoms with Crippen LogP contribution in [-0.2, 0) is 4.74 Å². The molecule has 66 valence electrons. The fourth-order valence-corrected chi connectivity index (χ4v) is 0.204. The fourth-order valence-electron chi connectivity index (χ4n) is 0.204. The van der Waals surface area contributed by atoms with Gasteiger partial charge in [-0.1, -0.05) is 6.92 Å². The molecule has 0 aromatic rings. The Labute approximate surface area is 66.9 Å². The Morgan fingerprint density at radius 1 is 1.30 bits per heavy atom. The highest BCUT2D eigenvalue weighted by atomic mass is 16.5. The fraction of sp³-hybridized carbons (Fsp3) is 0.750. The maximum absolute atomic E-state index is 4.69. The van der Waals surface area contributed by atoms with Crippen LogP contribution in [0.5, 0.6) is 0 Å². The van der Waals surface area contributed by atoms with Crippen molar-refractivity contribution in [2.75, 3.05) is 13.7 Å². The molecule has 0 bridgehead atoms. The van der Waals surface area contributed by atoms with Crippen molar-refractivity contribution in [2.24, 2.45) is 0 Å². The summed E-state index contributed by atoms with van der Waals surface area (Å²) in [5.74, 6) is 5.36. The van der Waals surface area contributed by atoms with Crippen molar-refractivity contribution >= 4 is 0 Å². The molecule has 0 atom stereocenters. The third-order valence-corrected chi connectivity index (χ3v) is 0.658. The molecule has 10 heavy (non-hydrogen) atoms. The Hall–Kier alpha value is -0.520. The number of rotatable bonds is 2. The van der Waals surface area contributed by atoms with E-state index >= 15 is 0 Å². The molecular weight excluding hydrogens is 128 g/mol. The highest BCUT2D eigenvalue weighted by Crippen LogP contribution is 1.70. The van der Waals surface area contributed by atoms with E-state index in [1.807, 2.05) is 13.8 Å². The van der Waals surface area contributed by atoms with Gasteiger partial charge >= 0.3 is 0 Å². The van der Waals surface area contributed by atoms with Gasteiger partial charge in [-0.2, -0.15) is 0 Å². The lowest BCUT2D eigenvalue weighted by atomic mass is 10.5. The van der Waals surface area contributed by atoms with Gasteiger partial charge in [-0.3, -0.25) is 0 Å². The van der Waals surface area contributed by atoms with E-state index in [1.165, 1.54) is 0 Å². The van der Waals surface area contributed by atoms with Gasteiger partial charge in [0.05, 0.1) is 0 Å². The lowest BCUT2D eigenvalue weighted by Crippen LogP contribution is -1.80. The third-order valence-electron chi connectivity index (χ3n) is 0.658. The molecule has 0 aromatic carbocycles. The predicted molar refractivity (Wildman–Crippen MR) is 49.1 cm³/mol. The lowest BCUT2D eigenvalue weighted by Gasteiger charge is -1.84. The number of ether oxygens (including phenoxy) is 1. The monoisotopic (exact) mass is 150 g/mol. The minimum Gasteiger partial charge on any atom is -0.412 e. The van der Waals surface area contributed by atoms with Crippen LogP contribution in [0.2, 0.25) is 0 Å². The lowest BCUT2D eigenvalue weighted by molar-refractivity contribution is 0.199. The van der Waals surface area contributed by atoms with Gasteiger partial charge in [0.15, 0.2) is 0 Å². The van der Waals surface area contributed by atoms with Crippen molar-refractivity contribution in [3.8, 4) is 11.8 Å². The van der Waals surface area contributed by atoms with E-state index in [0.29, 0.717) is 0 Å². The molecule has 0 saturated carbocycles. The van der Waals surface area contributed by atoms with Crippen molar-refractivity contribution in [1.82, 2.24) is 0 Å². The summed E-state index contributed by atoms with van der Waals surface area (Å²) in [6, 6.07) is 0. The van der Waals surface area contributed by atoms with Gasteiger partial charge < -0.3 is 10.2 Å². The molecule has 0 fully saturated rings. The Bertz CT molecular complexity index is 78.8. The Balaban J connectivity index is -0.0000000221. The van der Waals surface area contributed by atoms with Gasteiger partial charge in [0.1, 0.15) is 0 Å². The number of hydrogen-bond donors (Lipinski definition) is 0. The highest BCUT2D eigenvalue weighted by molar-refractivity contribution is 4.89. The summed E-state index contributed by atoms with van der Waals surface area (Å²) in [5, 5.41) is 0. The van der Waals surface area contributed by atoms with Gasteiger partial charge in [-0.25, -0.2) is 0 Å². The first-order chi connectivity index (χ1) is 4.33. The molecule has 0 aromatic heterocycles. The first-order valence-corrected chi connectivity index (χ1v) is 3.15. The van der Waals surface area contributed by atoms with Crippen LogP contribution >= 0.6 is 0 Å². The molecule has 2 nitrogen and oxygen atoms in total. The van der Waals surface area contributed by atoms with Gasteiger partial charge in [0.2, 0.25) is 0 Å². The molecule has 0 rings (SSSR count). The maximum atomic E-state index is 4.69.